The molecule has 0 unspecified atom stereocenters. The molecule has 3 rings (SSSR count). The molecule has 0 bridgehead atoms. The third-order valence-corrected chi connectivity index (χ3v) is 5.77. The Balaban J connectivity index is 1.81. The molecule has 2 aromatic rings. The lowest BCUT2D eigenvalue weighted by Crippen LogP contribution is -2.13. The van der Waals surface area contributed by atoms with Crippen molar-refractivity contribution in [1.82, 2.24) is 4.98 Å². The van der Waals surface area contributed by atoms with Crippen LogP contribution in [-0.4, -0.2) is 36.9 Å². The van der Waals surface area contributed by atoms with E-state index < -0.39 is 11.9 Å². The van der Waals surface area contributed by atoms with Gasteiger partial charge >= 0.3 is 11.9 Å². The van der Waals surface area contributed by atoms with Gasteiger partial charge in [-0.15, -0.1) is 0 Å². The average molecular weight is 454 g/mol. The van der Waals surface area contributed by atoms with E-state index in [1.165, 1.54) is 0 Å². The van der Waals surface area contributed by atoms with E-state index in [-0.39, 0.29) is 25.7 Å². The lowest BCUT2D eigenvalue weighted by atomic mass is 10.1. The summed E-state index contributed by atoms with van der Waals surface area (Å²) in [6.45, 7) is 6.35. The van der Waals surface area contributed by atoms with Crippen molar-refractivity contribution in [3.05, 3.63) is 50.8 Å². The maximum atomic E-state index is 12.5. The molecule has 30 heavy (non-hydrogen) atoms. The van der Waals surface area contributed by atoms with Gasteiger partial charge in [0.1, 0.15) is 11.4 Å². The van der Waals surface area contributed by atoms with Crippen molar-refractivity contribution in [1.29, 1.82) is 0 Å². The normalized spacial score (nSPS) is 12.8. The van der Waals surface area contributed by atoms with Crippen LogP contribution in [0.1, 0.15) is 57.1 Å². The summed E-state index contributed by atoms with van der Waals surface area (Å²) in [7, 11) is 0. The second-order valence-electron chi connectivity index (χ2n) is 6.58. The molecule has 0 aliphatic carbocycles. The number of H-pyrrole nitrogens is 1. The van der Waals surface area contributed by atoms with Crippen LogP contribution < -0.4 is 4.74 Å². The number of carbonyl (C=O) groups is 2. The quantitative estimate of drug-likeness (QED) is 0.583. The van der Waals surface area contributed by atoms with Crippen molar-refractivity contribution in [3.63, 3.8) is 0 Å². The molecule has 1 aliphatic rings. The van der Waals surface area contributed by atoms with Crippen LogP contribution in [0, 0.1) is 6.92 Å². The third-order valence-electron chi connectivity index (χ3n) is 4.54. The summed E-state index contributed by atoms with van der Waals surface area (Å²) in [5.41, 5.74) is 3.68. The molecule has 0 saturated carbocycles. The van der Waals surface area contributed by atoms with E-state index in [9.17, 15) is 9.59 Å². The highest BCUT2D eigenvalue weighted by molar-refractivity contribution is 7.97. The van der Waals surface area contributed by atoms with Gasteiger partial charge in [0.15, 0.2) is 6.79 Å². The number of hydrogen-bond acceptors (Lipinski definition) is 7. The summed E-state index contributed by atoms with van der Waals surface area (Å²) < 4.78 is 21.2. The van der Waals surface area contributed by atoms with Crippen LogP contribution in [0.15, 0.2) is 12.1 Å². The molecule has 7 nitrogen and oxygen atoms in total. The molecule has 0 spiro atoms. The van der Waals surface area contributed by atoms with Gasteiger partial charge in [0.2, 0.25) is 0 Å². The number of aromatic nitrogens is 1. The summed E-state index contributed by atoms with van der Waals surface area (Å²) in [4.78, 5) is 27.8. The van der Waals surface area contributed by atoms with Crippen molar-refractivity contribution in [2.45, 2.75) is 38.9 Å². The Kier molecular flexibility index (Phi) is 7.69. The van der Waals surface area contributed by atoms with Gasteiger partial charge in [-0.1, -0.05) is 11.6 Å². The minimum absolute atomic E-state index is 0.206. The minimum Gasteiger partial charge on any atom is -0.467 e. The highest BCUT2D eigenvalue weighted by Gasteiger charge is 2.25. The van der Waals surface area contributed by atoms with E-state index in [4.69, 9.17) is 30.5 Å². The van der Waals surface area contributed by atoms with Gasteiger partial charge in [0, 0.05) is 33.3 Å². The van der Waals surface area contributed by atoms with Gasteiger partial charge in [-0.3, -0.25) is 0 Å². The molecule has 2 heterocycles. The van der Waals surface area contributed by atoms with Gasteiger partial charge < -0.3 is 23.9 Å². The maximum absolute atomic E-state index is 12.5. The molecule has 0 atom stereocenters. The summed E-state index contributed by atoms with van der Waals surface area (Å²) in [5.74, 6) is 0.912. The van der Waals surface area contributed by atoms with Gasteiger partial charge in [-0.05, 0) is 38.5 Å². The molecule has 162 valence electrons. The van der Waals surface area contributed by atoms with E-state index in [2.05, 4.69) is 4.98 Å². The molecule has 0 amide bonds. The molecule has 1 aromatic heterocycles. The van der Waals surface area contributed by atoms with E-state index >= 15 is 0 Å². The number of benzene rings is 1. The molecule has 1 N–H and O–H groups in total. The molecular weight excluding hydrogens is 430 g/mol. The number of carbonyl (C=O) groups excluding carboxylic acids is 2. The minimum atomic E-state index is -0.492. The fourth-order valence-corrected chi connectivity index (χ4v) is 4.50. The highest BCUT2D eigenvalue weighted by Crippen LogP contribution is 2.35. The molecule has 0 fully saturated rings. The summed E-state index contributed by atoms with van der Waals surface area (Å²) >= 11 is 7.80. The van der Waals surface area contributed by atoms with Crippen LogP contribution >= 0.6 is 23.4 Å². The Bertz CT molecular complexity index is 942. The van der Waals surface area contributed by atoms with Crippen molar-refractivity contribution >= 4 is 35.3 Å². The Morgan fingerprint density at radius 3 is 2.63 bits per heavy atom. The summed E-state index contributed by atoms with van der Waals surface area (Å²) in [6.07, 6.45) is 0. The fraction of sp³-hybridized carbons (Fsp3) is 0.429. The van der Waals surface area contributed by atoms with Crippen molar-refractivity contribution in [2.24, 2.45) is 0 Å². The maximum Gasteiger partial charge on any atom is 0.355 e. The number of ether oxygens (including phenoxy) is 4. The molecular formula is C21H24ClNO6S. The zero-order chi connectivity index (χ0) is 21.7. The monoisotopic (exact) mass is 453 g/mol. The number of nitrogens with one attached hydrogen (secondary N) is 1. The van der Waals surface area contributed by atoms with Gasteiger partial charge in [-0.2, -0.15) is 11.8 Å². The predicted molar refractivity (Wildman–Crippen MR) is 114 cm³/mol. The number of rotatable bonds is 8. The standard InChI is InChI=1S/C21H24ClNO6S/c1-4-27-20(24)17-12(3)18(21(25)28-5-2)23-16(17)10-30-9-14-7-15(22)6-13-8-26-11-29-19(13)14/h6-7,23H,4-5,8-11H2,1-3H3. The molecule has 0 saturated heterocycles. The molecule has 0 radical (unpaired) electrons. The number of fused-ring (bicyclic) bond motifs is 1. The van der Waals surface area contributed by atoms with Crippen LogP contribution in [0.2, 0.25) is 5.02 Å². The van der Waals surface area contributed by atoms with E-state index in [0.29, 0.717) is 40.0 Å². The Hall–Kier alpha value is -2.16. The average Bonchev–Trinajstić information content (AvgIpc) is 3.04. The molecule has 1 aromatic carbocycles. The van der Waals surface area contributed by atoms with Gasteiger partial charge in [0.05, 0.1) is 25.4 Å². The third kappa shape index (κ3) is 4.94. The largest absolute Gasteiger partial charge is 0.467 e. The number of aromatic amines is 1. The van der Waals surface area contributed by atoms with Crippen LogP contribution in [-0.2, 0) is 32.3 Å². The first-order valence-electron chi connectivity index (χ1n) is 9.61. The zero-order valence-electron chi connectivity index (χ0n) is 17.1. The summed E-state index contributed by atoms with van der Waals surface area (Å²) in [5, 5.41) is 0.617. The number of halogens is 1. The van der Waals surface area contributed by atoms with Gasteiger partial charge in [-0.25, -0.2) is 9.59 Å². The van der Waals surface area contributed by atoms with Crippen LogP contribution in [0.3, 0.4) is 0 Å². The number of thioether (sulfide) groups is 1. The van der Waals surface area contributed by atoms with Crippen LogP contribution in [0.5, 0.6) is 5.75 Å². The lowest BCUT2D eigenvalue weighted by Gasteiger charge is -2.21. The second-order valence-corrected chi connectivity index (χ2v) is 8.00. The fourth-order valence-electron chi connectivity index (χ4n) is 3.28. The van der Waals surface area contributed by atoms with Crippen LogP contribution in [0.25, 0.3) is 0 Å². The van der Waals surface area contributed by atoms with Crippen molar-refractivity contribution < 1.29 is 28.5 Å². The first-order chi connectivity index (χ1) is 14.5. The van der Waals surface area contributed by atoms with Gasteiger partial charge in [0.25, 0.3) is 0 Å². The number of esters is 2. The first kappa shape index (κ1) is 22.5. The Morgan fingerprint density at radius 2 is 1.90 bits per heavy atom. The smallest absolute Gasteiger partial charge is 0.355 e. The van der Waals surface area contributed by atoms with Crippen LogP contribution in [0.4, 0.5) is 0 Å². The first-order valence-corrected chi connectivity index (χ1v) is 11.1. The lowest BCUT2D eigenvalue weighted by molar-refractivity contribution is -0.0168. The zero-order valence-corrected chi connectivity index (χ0v) is 18.7. The molecule has 9 heteroatoms. The number of hydrogen-bond donors (Lipinski definition) is 1. The van der Waals surface area contributed by atoms with Crippen molar-refractivity contribution in [2.75, 3.05) is 20.0 Å². The van der Waals surface area contributed by atoms with E-state index in [1.807, 2.05) is 12.1 Å². The predicted octanol–water partition coefficient (Wildman–Crippen LogP) is 4.63. The topological polar surface area (TPSA) is 86.9 Å². The SMILES string of the molecule is CCOC(=O)c1[nH]c(CSCc2cc(Cl)cc3c2OCOC3)c(C(=O)OCC)c1C. The van der Waals surface area contributed by atoms with E-state index in [1.54, 1.807) is 32.5 Å². The Morgan fingerprint density at radius 1 is 1.17 bits per heavy atom. The molecule has 1 aliphatic heterocycles. The van der Waals surface area contributed by atoms with Crippen molar-refractivity contribution in [3.8, 4) is 5.75 Å². The highest BCUT2D eigenvalue weighted by atomic mass is 35.5. The van der Waals surface area contributed by atoms with E-state index in [0.717, 1.165) is 16.9 Å². The summed E-state index contributed by atoms with van der Waals surface area (Å²) in [6, 6.07) is 3.71. The Labute approximate surface area is 184 Å². The second kappa shape index (κ2) is 10.2.